The van der Waals surface area contributed by atoms with Gasteiger partial charge in [0.15, 0.2) is 0 Å². The molecule has 0 fully saturated rings. The quantitative estimate of drug-likeness (QED) is 0.805. The molecule has 0 spiro atoms. The molecular weight excluding hydrogens is 228 g/mol. The highest BCUT2D eigenvalue weighted by Gasteiger charge is 2.08. The molecule has 0 atom stereocenters. The van der Waals surface area contributed by atoms with Crippen molar-refractivity contribution in [3.05, 3.63) is 34.2 Å². The van der Waals surface area contributed by atoms with Crippen molar-refractivity contribution >= 4 is 33.0 Å². The van der Waals surface area contributed by atoms with E-state index in [1.54, 1.807) is 11.3 Å². The number of aryl methyl sites for hydroxylation is 1. The molecule has 15 heavy (non-hydrogen) atoms. The minimum Gasteiger partial charge on any atom is -0.396 e. The van der Waals surface area contributed by atoms with Crippen molar-refractivity contribution in [2.45, 2.75) is 19.3 Å². The Morgan fingerprint density at radius 2 is 2.00 bits per heavy atom. The molecule has 0 saturated heterocycles. The average Bonchev–Trinajstić information content (AvgIpc) is 2.57. The molecule has 1 nitrogen and oxygen atoms in total. The molecule has 0 aliphatic heterocycles. The Morgan fingerprint density at radius 3 is 2.73 bits per heavy atom. The lowest BCUT2D eigenvalue weighted by molar-refractivity contribution is 0.285. The second-order valence-electron chi connectivity index (χ2n) is 3.52. The largest absolute Gasteiger partial charge is 0.396 e. The summed E-state index contributed by atoms with van der Waals surface area (Å²) >= 11 is 8.04. The van der Waals surface area contributed by atoms with Crippen molar-refractivity contribution in [1.29, 1.82) is 0 Å². The van der Waals surface area contributed by atoms with Gasteiger partial charge in [-0.3, -0.25) is 0 Å². The van der Waals surface area contributed by atoms with E-state index in [0.29, 0.717) is 0 Å². The zero-order valence-corrected chi connectivity index (χ0v) is 9.94. The SMILES string of the molecule is OCCCCc1sc2ccccc2c1Cl. The van der Waals surface area contributed by atoms with Gasteiger partial charge in [-0.25, -0.2) is 0 Å². The smallest absolute Gasteiger partial charge is 0.0623 e. The first-order valence-corrected chi connectivity index (χ1v) is 6.29. The van der Waals surface area contributed by atoms with Crippen LogP contribution in [-0.4, -0.2) is 11.7 Å². The molecule has 1 heterocycles. The maximum atomic E-state index is 8.72. The van der Waals surface area contributed by atoms with Crippen molar-refractivity contribution in [1.82, 2.24) is 0 Å². The Morgan fingerprint density at radius 1 is 1.20 bits per heavy atom. The summed E-state index contributed by atoms with van der Waals surface area (Å²) in [6.45, 7) is 0.266. The summed E-state index contributed by atoms with van der Waals surface area (Å²) in [7, 11) is 0. The van der Waals surface area contributed by atoms with Gasteiger partial charge in [0.25, 0.3) is 0 Å². The van der Waals surface area contributed by atoms with Crippen LogP contribution < -0.4 is 0 Å². The maximum Gasteiger partial charge on any atom is 0.0623 e. The Bertz CT molecular complexity index is 450. The molecule has 0 aliphatic rings. The number of aliphatic hydroxyl groups excluding tert-OH is 1. The number of unbranched alkanes of at least 4 members (excludes halogenated alkanes) is 1. The van der Waals surface area contributed by atoms with Crippen molar-refractivity contribution < 1.29 is 5.11 Å². The first kappa shape index (κ1) is 10.9. The van der Waals surface area contributed by atoms with Gasteiger partial charge in [-0.05, 0) is 25.3 Å². The van der Waals surface area contributed by atoms with Gasteiger partial charge < -0.3 is 5.11 Å². The van der Waals surface area contributed by atoms with Crippen molar-refractivity contribution in [3.63, 3.8) is 0 Å². The van der Waals surface area contributed by atoms with E-state index in [2.05, 4.69) is 12.1 Å². The second-order valence-corrected chi connectivity index (χ2v) is 5.03. The highest BCUT2D eigenvalue weighted by molar-refractivity contribution is 7.19. The standard InChI is InChI=1S/C12H13ClOS/c13-12-9-5-1-2-6-10(9)15-11(12)7-3-4-8-14/h1-2,5-6,14H,3-4,7-8H2. The third-order valence-electron chi connectivity index (χ3n) is 2.41. The zero-order chi connectivity index (χ0) is 10.7. The monoisotopic (exact) mass is 240 g/mol. The summed E-state index contributed by atoms with van der Waals surface area (Å²) < 4.78 is 1.25. The molecule has 0 amide bonds. The van der Waals surface area contributed by atoms with Crippen LogP contribution in [0, 0.1) is 0 Å². The van der Waals surface area contributed by atoms with Crippen molar-refractivity contribution in [3.8, 4) is 0 Å². The molecule has 0 saturated carbocycles. The van der Waals surface area contributed by atoms with Gasteiger partial charge in [0.2, 0.25) is 0 Å². The molecular formula is C12H13ClOS. The van der Waals surface area contributed by atoms with Gasteiger partial charge in [-0.1, -0.05) is 29.8 Å². The van der Waals surface area contributed by atoms with E-state index in [-0.39, 0.29) is 6.61 Å². The summed E-state index contributed by atoms with van der Waals surface area (Å²) in [4.78, 5) is 1.24. The number of rotatable bonds is 4. The van der Waals surface area contributed by atoms with E-state index in [4.69, 9.17) is 16.7 Å². The molecule has 1 aromatic heterocycles. The Labute approximate surface area is 98.3 Å². The lowest BCUT2D eigenvalue weighted by atomic mass is 10.2. The number of fused-ring (bicyclic) bond motifs is 1. The van der Waals surface area contributed by atoms with Crippen LogP contribution in [0.5, 0.6) is 0 Å². The minimum absolute atomic E-state index is 0.266. The Kier molecular flexibility index (Phi) is 3.62. The molecule has 0 bridgehead atoms. The molecule has 1 N–H and O–H groups in total. The first-order chi connectivity index (χ1) is 7.33. The van der Waals surface area contributed by atoms with Crippen LogP contribution >= 0.6 is 22.9 Å². The van der Waals surface area contributed by atoms with Crippen LogP contribution in [0.4, 0.5) is 0 Å². The minimum atomic E-state index is 0.266. The van der Waals surface area contributed by atoms with Gasteiger partial charge in [-0.2, -0.15) is 0 Å². The lowest BCUT2D eigenvalue weighted by Crippen LogP contribution is -1.86. The normalized spacial score (nSPS) is 11.1. The molecule has 80 valence electrons. The number of hydrogen-bond acceptors (Lipinski definition) is 2. The van der Waals surface area contributed by atoms with Crippen LogP contribution in [0.3, 0.4) is 0 Å². The number of benzene rings is 1. The third kappa shape index (κ3) is 2.33. The summed E-state index contributed by atoms with van der Waals surface area (Å²) in [6.07, 6.45) is 2.83. The van der Waals surface area contributed by atoms with Crippen LogP contribution in [0.1, 0.15) is 17.7 Å². The second kappa shape index (κ2) is 4.97. The van der Waals surface area contributed by atoms with Gasteiger partial charge in [0.1, 0.15) is 0 Å². The molecule has 0 radical (unpaired) electrons. The fraction of sp³-hybridized carbons (Fsp3) is 0.333. The fourth-order valence-corrected chi connectivity index (χ4v) is 3.19. The van der Waals surface area contributed by atoms with Crippen LogP contribution in [0.15, 0.2) is 24.3 Å². The molecule has 2 aromatic rings. The topological polar surface area (TPSA) is 20.2 Å². The first-order valence-electron chi connectivity index (χ1n) is 5.09. The van der Waals surface area contributed by atoms with E-state index in [1.807, 2.05) is 12.1 Å². The summed E-state index contributed by atoms with van der Waals surface area (Å²) in [5.74, 6) is 0. The van der Waals surface area contributed by atoms with E-state index in [9.17, 15) is 0 Å². The Hall–Kier alpha value is -0.570. The summed E-state index contributed by atoms with van der Waals surface area (Å²) in [5.41, 5.74) is 0. The number of hydrogen-bond donors (Lipinski definition) is 1. The van der Waals surface area contributed by atoms with E-state index in [1.165, 1.54) is 9.58 Å². The molecule has 1 aromatic carbocycles. The third-order valence-corrected chi connectivity index (χ3v) is 4.19. The van der Waals surface area contributed by atoms with E-state index in [0.717, 1.165) is 29.7 Å². The van der Waals surface area contributed by atoms with Gasteiger partial charge in [0.05, 0.1) is 5.02 Å². The fourth-order valence-electron chi connectivity index (χ4n) is 1.62. The lowest BCUT2D eigenvalue weighted by Gasteiger charge is -1.96. The Balaban J connectivity index is 2.24. The van der Waals surface area contributed by atoms with Crippen molar-refractivity contribution in [2.24, 2.45) is 0 Å². The highest BCUT2D eigenvalue weighted by Crippen LogP contribution is 2.35. The molecule has 2 rings (SSSR count). The number of aliphatic hydroxyl groups is 1. The average molecular weight is 241 g/mol. The van der Waals surface area contributed by atoms with Crippen LogP contribution in [0.25, 0.3) is 10.1 Å². The van der Waals surface area contributed by atoms with E-state index >= 15 is 0 Å². The highest BCUT2D eigenvalue weighted by atomic mass is 35.5. The molecule has 0 aliphatic carbocycles. The number of halogens is 1. The molecule has 0 unspecified atom stereocenters. The maximum absolute atomic E-state index is 8.72. The summed E-state index contributed by atoms with van der Waals surface area (Å²) in [5, 5.41) is 10.8. The van der Waals surface area contributed by atoms with Gasteiger partial charge in [0, 0.05) is 21.6 Å². The van der Waals surface area contributed by atoms with Gasteiger partial charge in [-0.15, -0.1) is 11.3 Å². The van der Waals surface area contributed by atoms with Crippen LogP contribution in [0.2, 0.25) is 5.02 Å². The predicted molar refractivity (Wildman–Crippen MR) is 66.9 cm³/mol. The number of thiophene rings is 1. The van der Waals surface area contributed by atoms with Gasteiger partial charge >= 0.3 is 0 Å². The summed E-state index contributed by atoms with van der Waals surface area (Å²) in [6, 6.07) is 8.20. The zero-order valence-electron chi connectivity index (χ0n) is 8.37. The van der Waals surface area contributed by atoms with E-state index < -0.39 is 0 Å². The van der Waals surface area contributed by atoms with Crippen LogP contribution in [-0.2, 0) is 6.42 Å². The van der Waals surface area contributed by atoms with Crippen molar-refractivity contribution in [2.75, 3.05) is 6.61 Å². The molecule has 3 heteroatoms. The predicted octanol–water partition coefficient (Wildman–Crippen LogP) is 3.87.